The number of aryl methyl sites for hydroxylation is 3. The van der Waals surface area contributed by atoms with Gasteiger partial charge in [0.1, 0.15) is 0 Å². The predicted octanol–water partition coefficient (Wildman–Crippen LogP) is 4.59. The number of piperidine rings is 1. The van der Waals surface area contributed by atoms with E-state index in [4.69, 9.17) is 0 Å². The fraction of sp³-hybridized carbons (Fsp3) is 0.321. The smallest absolute Gasteiger partial charge is 0.261 e. The van der Waals surface area contributed by atoms with Crippen LogP contribution in [-0.4, -0.2) is 40.1 Å². The zero-order valence-electron chi connectivity index (χ0n) is 21.8. The third kappa shape index (κ3) is 6.80. The minimum absolute atomic E-state index is 0.0578. The van der Waals surface area contributed by atoms with Gasteiger partial charge in [-0.3, -0.25) is 9.52 Å². The first-order valence-corrected chi connectivity index (χ1v) is 15.6. The molecular weight excluding hydrogens is 522 g/mol. The molecule has 1 fully saturated rings. The van der Waals surface area contributed by atoms with E-state index < -0.39 is 20.0 Å². The lowest BCUT2D eigenvalue weighted by Gasteiger charge is -2.30. The summed E-state index contributed by atoms with van der Waals surface area (Å²) in [6.07, 6.45) is 0.844. The molecule has 4 rings (SSSR count). The molecule has 38 heavy (non-hydrogen) atoms. The Morgan fingerprint density at radius 2 is 1.45 bits per heavy atom. The van der Waals surface area contributed by atoms with Crippen molar-refractivity contribution in [2.24, 2.45) is 5.92 Å². The number of nitrogens with one attached hydrogen (secondary N) is 2. The largest absolute Gasteiger partial charge is 0.326 e. The average molecular weight is 556 g/mol. The van der Waals surface area contributed by atoms with Crippen molar-refractivity contribution in [3.63, 3.8) is 0 Å². The third-order valence-corrected chi connectivity index (χ3v) is 9.99. The summed E-state index contributed by atoms with van der Waals surface area (Å²) < 4.78 is 55.4. The molecule has 1 saturated heterocycles. The van der Waals surface area contributed by atoms with Crippen molar-refractivity contribution in [3.05, 3.63) is 89.0 Å². The maximum atomic E-state index is 12.8. The molecule has 1 aliphatic heterocycles. The summed E-state index contributed by atoms with van der Waals surface area (Å²) in [7, 11) is -7.25. The van der Waals surface area contributed by atoms with Crippen LogP contribution in [0.1, 0.15) is 35.1 Å². The van der Waals surface area contributed by atoms with Gasteiger partial charge in [0, 0.05) is 24.7 Å². The Morgan fingerprint density at radius 1 is 0.842 bits per heavy atom. The first kappa shape index (κ1) is 27.8. The van der Waals surface area contributed by atoms with Crippen molar-refractivity contribution in [2.45, 2.75) is 44.3 Å². The number of hydrogen-bond donors (Lipinski definition) is 2. The van der Waals surface area contributed by atoms with E-state index in [0.717, 1.165) is 22.3 Å². The monoisotopic (exact) mass is 555 g/mol. The summed E-state index contributed by atoms with van der Waals surface area (Å²) in [5.74, 6) is -0.586. The molecule has 0 aromatic heterocycles. The Kier molecular flexibility index (Phi) is 8.25. The maximum absolute atomic E-state index is 12.8. The molecule has 3 aromatic rings. The van der Waals surface area contributed by atoms with Crippen molar-refractivity contribution in [3.8, 4) is 0 Å². The van der Waals surface area contributed by atoms with Crippen LogP contribution in [0, 0.1) is 26.7 Å². The third-order valence-electron chi connectivity index (χ3n) is 6.76. The highest BCUT2D eigenvalue weighted by molar-refractivity contribution is 7.92. The van der Waals surface area contributed by atoms with Crippen molar-refractivity contribution >= 4 is 37.3 Å². The number of benzene rings is 3. The lowest BCUT2D eigenvalue weighted by atomic mass is 9.97. The van der Waals surface area contributed by atoms with E-state index in [1.165, 1.54) is 16.4 Å². The molecule has 1 heterocycles. The fourth-order valence-electron chi connectivity index (χ4n) is 4.39. The Hall–Kier alpha value is -3.21. The van der Waals surface area contributed by atoms with Gasteiger partial charge in [0.25, 0.3) is 10.0 Å². The number of carbonyl (C=O) groups excluding carboxylic acids is 1. The lowest BCUT2D eigenvalue weighted by molar-refractivity contribution is -0.120. The number of hydrogen-bond acceptors (Lipinski definition) is 5. The van der Waals surface area contributed by atoms with Gasteiger partial charge < -0.3 is 5.32 Å². The highest BCUT2D eigenvalue weighted by Crippen LogP contribution is 2.25. The topological polar surface area (TPSA) is 113 Å². The summed E-state index contributed by atoms with van der Waals surface area (Å²) in [5, 5.41) is 2.83. The molecule has 0 spiro atoms. The van der Waals surface area contributed by atoms with Gasteiger partial charge >= 0.3 is 0 Å². The number of sulfonamides is 2. The zero-order valence-corrected chi connectivity index (χ0v) is 23.4. The second-order valence-electron chi connectivity index (χ2n) is 9.85. The molecule has 8 nitrogen and oxygen atoms in total. The van der Waals surface area contributed by atoms with Crippen LogP contribution >= 0.6 is 0 Å². The van der Waals surface area contributed by atoms with Gasteiger partial charge in [-0.2, -0.15) is 0 Å². The number of rotatable bonds is 8. The molecule has 3 aromatic carbocycles. The Labute approximate surface area is 225 Å². The molecule has 0 aliphatic carbocycles. The van der Waals surface area contributed by atoms with Crippen LogP contribution < -0.4 is 10.0 Å². The van der Waals surface area contributed by atoms with Crippen LogP contribution in [0.5, 0.6) is 0 Å². The van der Waals surface area contributed by atoms with E-state index in [1.807, 2.05) is 57.2 Å². The number of nitrogens with zero attached hydrogens (tertiary/aromatic N) is 1. The van der Waals surface area contributed by atoms with E-state index in [-0.39, 0.29) is 35.6 Å². The van der Waals surface area contributed by atoms with Crippen LogP contribution in [0.25, 0.3) is 0 Å². The Morgan fingerprint density at radius 3 is 2.08 bits per heavy atom. The Balaban J connectivity index is 1.32. The molecule has 202 valence electrons. The normalized spacial score (nSPS) is 15.2. The molecule has 0 radical (unpaired) electrons. The molecule has 0 saturated carbocycles. The van der Waals surface area contributed by atoms with Crippen molar-refractivity contribution in [1.82, 2.24) is 4.31 Å². The number of carbonyl (C=O) groups is 1. The highest BCUT2D eigenvalue weighted by atomic mass is 32.2. The molecule has 0 bridgehead atoms. The summed E-state index contributed by atoms with van der Waals surface area (Å²) in [6, 6.07) is 19.0. The van der Waals surface area contributed by atoms with Crippen LogP contribution in [0.4, 0.5) is 11.4 Å². The van der Waals surface area contributed by atoms with Crippen molar-refractivity contribution in [1.29, 1.82) is 0 Å². The zero-order chi connectivity index (χ0) is 27.5. The molecule has 0 unspecified atom stereocenters. The van der Waals surface area contributed by atoms with E-state index in [1.54, 1.807) is 18.2 Å². The molecule has 10 heteroatoms. The lowest BCUT2D eigenvalue weighted by Crippen LogP contribution is -2.41. The van der Waals surface area contributed by atoms with Crippen LogP contribution in [-0.2, 0) is 30.6 Å². The second kappa shape index (κ2) is 11.3. The number of amides is 1. The molecular formula is C28H33N3O5S2. The quantitative estimate of drug-likeness (QED) is 0.422. The van der Waals surface area contributed by atoms with E-state index in [2.05, 4.69) is 10.0 Å². The molecule has 1 amide bonds. The average Bonchev–Trinajstić information content (AvgIpc) is 2.88. The van der Waals surface area contributed by atoms with Crippen LogP contribution in [0.2, 0.25) is 0 Å². The standard InChI is InChI=1S/C28H33N3O5S2/c1-20-5-8-23(9-6-20)19-37(33,34)31-16-14-24(15-17-31)28(32)29-25-10-12-26(13-11-25)38(35,36)30-27-18-21(2)4-7-22(27)3/h4-13,18,24,30H,14-17,19H2,1-3H3,(H,29,32). The minimum Gasteiger partial charge on any atom is -0.326 e. The minimum atomic E-state index is -3.79. The van der Waals surface area contributed by atoms with Gasteiger partial charge in [0.15, 0.2) is 0 Å². The van der Waals surface area contributed by atoms with Gasteiger partial charge in [-0.25, -0.2) is 21.1 Å². The van der Waals surface area contributed by atoms with Gasteiger partial charge in [-0.1, -0.05) is 42.0 Å². The predicted molar refractivity (Wildman–Crippen MR) is 150 cm³/mol. The van der Waals surface area contributed by atoms with E-state index >= 15 is 0 Å². The maximum Gasteiger partial charge on any atom is 0.261 e. The SMILES string of the molecule is Cc1ccc(CS(=O)(=O)N2CCC(C(=O)Nc3ccc(S(=O)(=O)Nc4cc(C)ccc4C)cc3)CC2)cc1. The van der Waals surface area contributed by atoms with E-state index in [0.29, 0.717) is 24.2 Å². The van der Waals surface area contributed by atoms with Crippen molar-refractivity contribution < 1.29 is 21.6 Å². The van der Waals surface area contributed by atoms with Gasteiger partial charge in [-0.15, -0.1) is 0 Å². The summed E-state index contributed by atoms with van der Waals surface area (Å²) in [4.78, 5) is 12.9. The summed E-state index contributed by atoms with van der Waals surface area (Å²) in [5.41, 5.74) is 4.58. The second-order valence-corrected chi connectivity index (χ2v) is 13.5. The highest BCUT2D eigenvalue weighted by Gasteiger charge is 2.31. The molecule has 1 aliphatic rings. The molecule has 2 N–H and O–H groups in total. The van der Waals surface area contributed by atoms with Gasteiger partial charge in [0.2, 0.25) is 15.9 Å². The first-order chi connectivity index (χ1) is 17.9. The van der Waals surface area contributed by atoms with E-state index in [9.17, 15) is 21.6 Å². The summed E-state index contributed by atoms with van der Waals surface area (Å²) >= 11 is 0. The number of anilines is 2. The first-order valence-electron chi connectivity index (χ1n) is 12.5. The van der Waals surface area contributed by atoms with Gasteiger partial charge in [0.05, 0.1) is 16.3 Å². The summed E-state index contributed by atoms with van der Waals surface area (Å²) in [6.45, 7) is 6.25. The van der Waals surface area contributed by atoms with Gasteiger partial charge in [-0.05, 0) is 80.6 Å². The van der Waals surface area contributed by atoms with Crippen molar-refractivity contribution in [2.75, 3.05) is 23.1 Å². The van der Waals surface area contributed by atoms with Crippen LogP contribution in [0.15, 0.2) is 71.6 Å². The molecule has 0 atom stereocenters. The fourth-order valence-corrected chi connectivity index (χ4v) is 7.08. The van der Waals surface area contributed by atoms with Crippen LogP contribution in [0.3, 0.4) is 0 Å². The Bertz CT molecular complexity index is 1510.